The Morgan fingerprint density at radius 2 is 1.82 bits per heavy atom. The molecular weight excluding hydrogens is 344 g/mol. The van der Waals surface area contributed by atoms with Crippen LogP contribution in [0.1, 0.15) is 52.5 Å². The van der Waals surface area contributed by atoms with Crippen molar-refractivity contribution in [1.29, 1.82) is 0 Å². The molecular formula is C25H30N2O. The van der Waals surface area contributed by atoms with E-state index in [0.29, 0.717) is 0 Å². The summed E-state index contributed by atoms with van der Waals surface area (Å²) < 4.78 is 2.31. The number of rotatable bonds is 6. The molecule has 0 aliphatic carbocycles. The monoisotopic (exact) mass is 374 g/mol. The summed E-state index contributed by atoms with van der Waals surface area (Å²) in [6.45, 7) is 9.07. The topological polar surface area (TPSA) is 25.2 Å². The normalized spacial score (nSPS) is 14.0. The van der Waals surface area contributed by atoms with Crippen molar-refractivity contribution in [3.63, 3.8) is 0 Å². The van der Waals surface area contributed by atoms with Gasteiger partial charge in [-0.1, -0.05) is 55.3 Å². The average molecular weight is 375 g/mol. The van der Waals surface area contributed by atoms with Crippen LogP contribution in [0.3, 0.4) is 0 Å². The van der Waals surface area contributed by atoms with Crippen molar-refractivity contribution in [1.82, 2.24) is 9.47 Å². The van der Waals surface area contributed by atoms with Gasteiger partial charge in [-0.15, -0.1) is 0 Å². The van der Waals surface area contributed by atoms with Gasteiger partial charge in [0, 0.05) is 25.0 Å². The number of carbonyl (C=O) groups is 1. The summed E-state index contributed by atoms with van der Waals surface area (Å²) in [5, 5.41) is 1.28. The molecule has 1 aliphatic rings. The van der Waals surface area contributed by atoms with Gasteiger partial charge in [-0.25, -0.2) is 0 Å². The maximum Gasteiger partial charge on any atom is 0.270 e. The Morgan fingerprint density at radius 1 is 1.04 bits per heavy atom. The second-order valence-corrected chi connectivity index (χ2v) is 8.09. The zero-order chi connectivity index (χ0) is 19.7. The highest BCUT2D eigenvalue weighted by atomic mass is 16.2. The number of fused-ring (bicyclic) bond motifs is 3. The molecule has 3 heteroatoms. The fourth-order valence-electron chi connectivity index (χ4n) is 4.62. The first-order valence-corrected chi connectivity index (χ1v) is 10.6. The molecule has 1 aliphatic heterocycles. The highest BCUT2D eigenvalue weighted by Gasteiger charge is 2.31. The van der Waals surface area contributed by atoms with Crippen molar-refractivity contribution in [3.8, 4) is 0 Å². The average Bonchev–Trinajstić information content (AvgIpc) is 3.01. The summed E-state index contributed by atoms with van der Waals surface area (Å²) >= 11 is 0. The smallest absolute Gasteiger partial charge is 0.270 e. The number of aromatic nitrogens is 1. The van der Waals surface area contributed by atoms with Crippen LogP contribution in [0.2, 0.25) is 0 Å². The molecule has 0 saturated heterocycles. The van der Waals surface area contributed by atoms with Crippen LogP contribution < -0.4 is 0 Å². The van der Waals surface area contributed by atoms with E-state index in [0.717, 1.165) is 51.0 Å². The highest BCUT2D eigenvalue weighted by molar-refractivity contribution is 6.03. The van der Waals surface area contributed by atoms with E-state index in [9.17, 15) is 4.79 Å². The van der Waals surface area contributed by atoms with E-state index in [1.54, 1.807) is 0 Å². The molecule has 0 fully saturated rings. The van der Waals surface area contributed by atoms with Gasteiger partial charge < -0.3 is 9.47 Å². The largest absolute Gasteiger partial charge is 0.337 e. The predicted octanol–water partition coefficient (Wildman–Crippen LogP) is 5.30. The Hall–Kier alpha value is -2.55. The number of amides is 1. The number of hydrogen-bond acceptors (Lipinski definition) is 1. The third-order valence-corrected chi connectivity index (χ3v) is 5.97. The van der Waals surface area contributed by atoms with Crippen molar-refractivity contribution in [2.45, 2.75) is 53.0 Å². The number of carbonyl (C=O) groups excluding carboxylic acids is 1. The zero-order valence-corrected chi connectivity index (χ0v) is 17.3. The van der Waals surface area contributed by atoms with E-state index in [4.69, 9.17) is 0 Å². The highest BCUT2D eigenvalue weighted by Crippen LogP contribution is 2.34. The molecule has 1 amide bonds. The molecule has 28 heavy (non-hydrogen) atoms. The van der Waals surface area contributed by atoms with Crippen molar-refractivity contribution >= 4 is 16.8 Å². The van der Waals surface area contributed by atoms with Crippen LogP contribution in [0.4, 0.5) is 0 Å². The quantitative estimate of drug-likeness (QED) is 0.575. The van der Waals surface area contributed by atoms with Crippen molar-refractivity contribution < 1.29 is 4.79 Å². The minimum Gasteiger partial charge on any atom is -0.337 e. The van der Waals surface area contributed by atoms with E-state index >= 15 is 0 Å². The molecule has 146 valence electrons. The van der Waals surface area contributed by atoms with Gasteiger partial charge in [-0.2, -0.15) is 0 Å². The molecule has 2 aromatic carbocycles. The first-order valence-electron chi connectivity index (χ1n) is 10.6. The van der Waals surface area contributed by atoms with Crippen molar-refractivity contribution in [3.05, 3.63) is 70.4 Å². The molecule has 2 heterocycles. The summed E-state index contributed by atoms with van der Waals surface area (Å²) in [4.78, 5) is 15.5. The first kappa shape index (κ1) is 18.8. The minimum atomic E-state index is 0.219. The molecule has 1 aromatic heterocycles. The van der Waals surface area contributed by atoms with E-state index in [1.165, 1.54) is 33.2 Å². The van der Waals surface area contributed by atoms with Gasteiger partial charge in [-0.3, -0.25) is 4.79 Å². The minimum absolute atomic E-state index is 0.219. The predicted molar refractivity (Wildman–Crippen MR) is 116 cm³/mol. The number of aryl methyl sites for hydroxylation is 4. The van der Waals surface area contributed by atoms with Crippen molar-refractivity contribution in [2.75, 3.05) is 13.1 Å². The molecule has 3 nitrogen and oxygen atoms in total. The molecule has 0 N–H and O–H groups in total. The summed E-state index contributed by atoms with van der Waals surface area (Å²) in [5.41, 5.74) is 7.29. The van der Waals surface area contributed by atoms with Gasteiger partial charge in [0.2, 0.25) is 0 Å². The van der Waals surface area contributed by atoms with Gasteiger partial charge in [0.1, 0.15) is 5.69 Å². The lowest BCUT2D eigenvalue weighted by Crippen LogP contribution is -2.39. The van der Waals surface area contributed by atoms with Gasteiger partial charge in [-0.05, 0) is 55.9 Å². The molecule has 0 saturated carbocycles. The molecule has 4 rings (SSSR count). The third kappa shape index (κ3) is 3.34. The lowest BCUT2D eigenvalue weighted by Gasteiger charge is -2.28. The Kier molecular flexibility index (Phi) is 5.25. The number of benzene rings is 2. The lowest BCUT2D eigenvalue weighted by atomic mass is 10.00. The van der Waals surface area contributed by atoms with Crippen LogP contribution in [0.25, 0.3) is 10.9 Å². The SMILES string of the molecule is CCCCN1CCc2c(n(CCc3ccccc3)c3c(C)cc(C)cc23)C1=O. The third-order valence-electron chi connectivity index (χ3n) is 5.97. The van der Waals surface area contributed by atoms with E-state index in [1.807, 2.05) is 0 Å². The van der Waals surface area contributed by atoms with Crippen LogP contribution in [0.5, 0.6) is 0 Å². The van der Waals surface area contributed by atoms with E-state index in [-0.39, 0.29) is 5.91 Å². The molecule has 0 atom stereocenters. The second-order valence-electron chi connectivity index (χ2n) is 8.09. The Morgan fingerprint density at radius 3 is 2.57 bits per heavy atom. The Balaban J connectivity index is 1.80. The van der Waals surface area contributed by atoms with Crippen LogP contribution in [-0.2, 0) is 19.4 Å². The van der Waals surface area contributed by atoms with Gasteiger partial charge in [0.25, 0.3) is 5.91 Å². The summed E-state index contributed by atoms with van der Waals surface area (Å²) in [6.07, 6.45) is 4.09. The molecule has 0 unspecified atom stereocenters. The fraction of sp³-hybridized carbons (Fsp3) is 0.400. The summed E-state index contributed by atoms with van der Waals surface area (Å²) in [6, 6.07) is 15.1. The lowest BCUT2D eigenvalue weighted by molar-refractivity contribution is 0.0726. The molecule has 0 spiro atoms. The summed E-state index contributed by atoms with van der Waals surface area (Å²) in [7, 11) is 0. The molecule has 0 radical (unpaired) electrons. The van der Waals surface area contributed by atoms with E-state index in [2.05, 4.69) is 72.7 Å². The van der Waals surface area contributed by atoms with Crippen molar-refractivity contribution in [2.24, 2.45) is 0 Å². The number of nitrogens with zero attached hydrogens (tertiary/aromatic N) is 2. The number of hydrogen-bond donors (Lipinski definition) is 0. The van der Waals surface area contributed by atoms with Crippen LogP contribution in [0, 0.1) is 13.8 Å². The number of unbranched alkanes of at least 4 members (excludes halogenated alkanes) is 1. The molecule has 3 aromatic rings. The van der Waals surface area contributed by atoms with Gasteiger partial charge >= 0.3 is 0 Å². The van der Waals surface area contributed by atoms with Crippen LogP contribution in [0.15, 0.2) is 42.5 Å². The first-order chi connectivity index (χ1) is 13.6. The van der Waals surface area contributed by atoms with Gasteiger partial charge in [0.15, 0.2) is 0 Å². The molecule has 0 bridgehead atoms. The van der Waals surface area contributed by atoms with Crippen LogP contribution in [-0.4, -0.2) is 28.5 Å². The van der Waals surface area contributed by atoms with Gasteiger partial charge in [0.05, 0.1) is 5.52 Å². The summed E-state index contributed by atoms with van der Waals surface area (Å²) in [5.74, 6) is 0.219. The standard InChI is InChI=1S/C25H30N2O/c1-4-5-13-26-14-12-21-22-17-18(2)16-19(3)23(22)27(24(21)25(26)28)15-11-20-9-7-6-8-10-20/h6-10,16-17H,4-5,11-15H2,1-3H3. The Bertz CT molecular complexity index is 1000. The maximum atomic E-state index is 13.4. The van der Waals surface area contributed by atoms with E-state index < -0.39 is 0 Å². The van der Waals surface area contributed by atoms with Crippen LogP contribution >= 0.6 is 0 Å². The Labute approximate surface area is 168 Å². The fourth-order valence-corrected chi connectivity index (χ4v) is 4.62. The maximum absolute atomic E-state index is 13.4. The second kappa shape index (κ2) is 7.83. The zero-order valence-electron chi connectivity index (χ0n) is 17.3.